The third-order valence-electron chi connectivity index (χ3n) is 3.21. The Kier molecular flexibility index (Phi) is 6.80. The zero-order chi connectivity index (χ0) is 14.3. The van der Waals surface area contributed by atoms with Crippen LogP contribution in [-0.2, 0) is 14.3 Å². The summed E-state index contributed by atoms with van der Waals surface area (Å²) in [6.07, 6.45) is 0. The number of esters is 1. The first-order chi connectivity index (χ1) is 9.10. The summed E-state index contributed by atoms with van der Waals surface area (Å²) < 4.78 is 5.01. The molecule has 2 N–H and O–H groups in total. The van der Waals surface area contributed by atoms with E-state index < -0.39 is 0 Å². The van der Waals surface area contributed by atoms with Gasteiger partial charge in [0.2, 0.25) is 5.91 Å². The molecule has 1 aliphatic heterocycles. The zero-order valence-electron chi connectivity index (χ0n) is 12.1. The minimum Gasteiger partial charge on any atom is -0.466 e. The minimum atomic E-state index is -0.213. The van der Waals surface area contributed by atoms with Crippen LogP contribution in [0.4, 0.5) is 0 Å². The average molecular weight is 271 g/mol. The number of nitrogens with one attached hydrogen (secondary N) is 2. The summed E-state index contributed by atoms with van der Waals surface area (Å²) in [7, 11) is 0. The molecule has 1 fully saturated rings. The smallest absolute Gasteiger partial charge is 0.309 e. The molecule has 1 rings (SSSR count). The number of likely N-dealkylation sites (N-methyl/N-ethyl adjacent to an activating group) is 1. The molecule has 6 nitrogen and oxygen atoms in total. The van der Waals surface area contributed by atoms with Crippen LogP contribution in [0.5, 0.6) is 0 Å². The van der Waals surface area contributed by atoms with Crippen molar-refractivity contribution in [3.05, 3.63) is 0 Å². The third-order valence-corrected chi connectivity index (χ3v) is 3.21. The summed E-state index contributed by atoms with van der Waals surface area (Å²) in [6.45, 7) is 9.35. The summed E-state index contributed by atoms with van der Waals surface area (Å²) in [6, 6.07) is -0.203. The van der Waals surface area contributed by atoms with Crippen molar-refractivity contribution >= 4 is 11.9 Å². The lowest BCUT2D eigenvalue weighted by Gasteiger charge is -2.36. The fraction of sp³-hybridized carbons (Fsp3) is 0.846. The van der Waals surface area contributed by atoms with Gasteiger partial charge in [0.15, 0.2) is 0 Å². The van der Waals surface area contributed by atoms with Crippen LogP contribution < -0.4 is 10.6 Å². The Morgan fingerprint density at radius 3 is 2.84 bits per heavy atom. The van der Waals surface area contributed by atoms with Gasteiger partial charge in [-0.2, -0.15) is 0 Å². The number of nitrogens with zero attached hydrogens (tertiary/aromatic N) is 1. The van der Waals surface area contributed by atoms with E-state index >= 15 is 0 Å². The molecule has 0 aromatic rings. The van der Waals surface area contributed by atoms with E-state index in [4.69, 9.17) is 4.74 Å². The molecular formula is C13H25N3O3. The van der Waals surface area contributed by atoms with E-state index in [0.717, 1.165) is 13.1 Å². The molecule has 0 aromatic carbocycles. The molecule has 0 radical (unpaired) electrons. The predicted octanol–water partition coefficient (Wildman–Crippen LogP) is -0.404. The lowest BCUT2D eigenvalue weighted by Crippen LogP contribution is -2.59. The average Bonchev–Trinajstić information content (AvgIpc) is 2.39. The first kappa shape index (κ1) is 15.9. The lowest BCUT2D eigenvalue weighted by atomic mass is 10.1. The molecule has 19 heavy (non-hydrogen) atoms. The van der Waals surface area contributed by atoms with Crippen LogP contribution >= 0.6 is 0 Å². The third kappa shape index (κ3) is 4.80. The highest BCUT2D eigenvalue weighted by atomic mass is 16.5. The molecule has 6 heteroatoms. The van der Waals surface area contributed by atoms with Gasteiger partial charge >= 0.3 is 5.97 Å². The van der Waals surface area contributed by atoms with Crippen LogP contribution in [0.2, 0.25) is 0 Å². The van der Waals surface area contributed by atoms with Gasteiger partial charge in [-0.1, -0.05) is 6.92 Å². The van der Waals surface area contributed by atoms with Crippen molar-refractivity contribution in [2.24, 2.45) is 5.92 Å². The fourth-order valence-corrected chi connectivity index (χ4v) is 2.23. The first-order valence-corrected chi connectivity index (χ1v) is 6.99. The molecule has 1 heterocycles. The number of carbonyl (C=O) groups is 2. The Bertz CT molecular complexity index is 310. The molecule has 1 saturated heterocycles. The van der Waals surface area contributed by atoms with Crippen LogP contribution in [0.25, 0.3) is 0 Å². The molecule has 1 amide bonds. The normalized spacial score (nSPS) is 21.7. The van der Waals surface area contributed by atoms with E-state index in [0.29, 0.717) is 26.2 Å². The molecule has 0 aromatic heterocycles. The Hall–Kier alpha value is -1.14. The second-order valence-corrected chi connectivity index (χ2v) is 4.76. The summed E-state index contributed by atoms with van der Waals surface area (Å²) in [5, 5.41) is 6.05. The van der Waals surface area contributed by atoms with Crippen LogP contribution in [-0.4, -0.2) is 62.1 Å². The van der Waals surface area contributed by atoms with Crippen molar-refractivity contribution in [3.63, 3.8) is 0 Å². The largest absolute Gasteiger partial charge is 0.466 e. The maximum Gasteiger partial charge on any atom is 0.309 e. The molecule has 0 saturated carbocycles. The number of amides is 1. The Labute approximate surface area is 114 Å². The topological polar surface area (TPSA) is 70.7 Å². The number of hydrogen-bond acceptors (Lipinski definition) is 5. The monoisotopic (exact) mass is 271 g/mol. The number of carbonyl (C=O) groups excluding carboxylic acids is 2. The van der Waals surface area contributed by atoms with Gasteiger partial charge in [0, 0.05) is 32.7 Å². The zero-order valence-corrected chi connectivity index (χ0v) is 12.1. The fourth-order valence-electron chi connectivity index (χ4n) is 2.23. The van der Waals surface area contributed by atoms with Crippen molar-refractivity contribution in [1.29, 1.82) is 0 Å². The van der Waals surface area contributed by atoms with Crippen LogP contribution in [0, 0.1) is 5.92 Å². The van der Waals surface area contributed by atoms with E-state index in [-0.39, 0.29) is 23.8 Å². The predicted molar refractivity (Wildman–Crippen MR) is 72.7 cm³/mol. The van der Waals surface area contributed by atoms with Crippen molar-refractivity contribution < 1.29 is 14.3 Å². The second-order valence-electron chi connectivity index (χ2n) is 4.76. The van der Waals surface area contributed by atoms with E-state index in [9.17, 15) is 9.59 Å². The van der Waals surface area contributed by atoms with Gasteiger partial charge in [0.25, 0.3) is 0 Å². The quantitative estimate of drug-likeness (QED) is 0.643. The summed E-state index contributed by atoms with van der Waals surface area (Å²) in [5.74, 6) is -0.392. The molecule has 2 unspecified atom stereocenters. The number of rotatable bonds is 6. The summed E-state index contributed by atoms with van der Waals surface area (Å²) in [5.41, 5.74) is 0. The Balaban J connectivity index is 2.57. The number of hydrogen-bond donors (Lipinski definition) is 2. The second kappa shape index (κ2) is 8.12. The van der Waals surface area contributed by atoms with Gasteiger partial charge in [-0.25, -0.2) is 0 Å². The molecule has 110 valence electrons. The standard InChI is InChI=1S/C13H25N3O3/c1-4-15-12(17)11-8-14-6-7-16(11)9-10(3)13(18)19-5-2/h10-11,14H,4-9H2,1-3H3,(H,15,17). The Morgan fingerprint density at radius 2 is 2.21 bits per heavy atom. The van der Waals surface area contributed by atoms with Crippen molar-refractivity contribution in [2.45, 2.75) is 26.8 Å². The summed E-state index contributed by atoms with van der Waals surface area (Å²) in [4.78, 5) is 25.7. The van der Waals surface area contributed by atoms with Crippen molar-refractivity contribution in [1.82, 2.24) is 15.5 Å². The van der Waals surface area contributed by atoms with Crippen LogP contribution in [0.15, 0.2) is 0 Å². The van der Waals surface area contributed by atoms with E-state index in [2.05, 4.69) is 15.5 Å². The maximum atomic E-state index is 12.0. The van der Waals surface area contributed by atoms with Gasteiger partial charge in [-0.3, -0.25) is 14.5 Å². The highest BCUT2D eigenvalue weighted by Gasteiger charge is 2.30. The van der Waals surface area contributed by atoms with E-state index in [1.165, 1.54) is 0 Å². The van der Waals surface area contributed by atoms with Gasteiger partial charge in [-0.15, -0.1) is 0 Å². The maximum absolute atomic E-state index is 12.0. The SMILES string of the molecule is CCNC(=O)C1CNCCN1CC(C)C(=O)OCC. The van der Waals surface area contributed by atoms with Gasteiger partial charge in [0.05, 0.1) is 12.5 Å². The van der Waals surface area contributed by atoms with Gasteiger partial charge < -0.3 is 15.4 Å². The molecular weight excluding hydrogens is 246 g/mol. The highest BCUT2D eigenvalue weighted by Crippen LogP contribution is 2.09. The molecule has 1 aliphatic rings. The highest BCUT2D eigenvalue weighted by molar-refractivity contribution is 5.82. The minimum absolute atomic E-state index is 0.0192. The first-order valence-electron chi connectivity index (χ1n) is 6.99. The van der Waals surface area contributed by atoms with E-state index in [1.807, 2.05) is 13.8 Å². The molecule has 0 aliphatic carbocycles. The van der Waals surface area contributed by atoms with Gasteiger partial charge in [0.1, 0.15) is 6.04 Å². The summed E-state index contributed by atoms with van der Waals surface area (Å²) >= 11 is 0. The van der Waals surface area contributed by atoms with Crippen molar-refractivity contribution in [3.8, 4) is 0 Å². The number of ether oxygens (including phenoxy) is 1. The Morgan fingerprint density at radius 1 is 1.47 bits per heavy atom. The van der Waals surface area contributed by atoms with E-state index in [1.54, 1.807) is 6.92 Å². The number of piperazine rings is 1. The molecule has 2 atom stereocenters. The molecule has 0 bridgehead atoms. The molecule has 0 spiro atoms. The van der Waals surface area contributed by atoms with Crippen molar-refractivity contribution in [2.75, 3.05) is 39.3 Å². The van der Waals surface area contributed by atoms with Crippen LogP contribution in [0.3, 0.4) is 0 Å². The van der Waals surface area contributed by atoms with Crippen LogP contribution in [0.1, 0.15) is 20.8 Å². The lowest BCUT2D eigenvalue weighted by molar-refractivity contribution is -0.149. The van der Waals surface area contributed by atoms with Gasteiger partial charge in [-0.05, 0) is 13.8 Å².